The van der Waals surface area contributed by atoms with Crippen LogP contribution in [0.1, 0.15) is 27.9 Å². The largest absolute Gasteiger partial charge is 0.298 e. The van der Waals surface area contributed by atoms with Crippen LogP contribution in [0.25, 0.3) is 28.1 Å². The number of imidazole rings is 1. The highest BCUT2D eigenvalue weighted by atomic mass is 15.0. The number of aryl methyl sites for hydroxylation is 1. The lowest BCUT2D eigenvalue weighted by Crippen LogP contribution is -1.97. The molecule has 6 rings (SSSR count). The van der Waals surface area contributed by atoms with Crippen LogP contribution >= 0.6 is 0 Å². The second-order valence-corrected chi connectivity index (χ2v) is 9.03. The van der Waals surface area contributed by atoms with E-state index in [2.05, 4.69) is 151 Å². The summed E-state index contributed by atoms with van der Waals surface area (Å²) in [4.78, 5) is 5.17. The third-order valence-corrected chi connectivity index (χ3v) is 6.57. The molecule has 176 valence electrons. The minimum atomic E-state index is 0.946. The van der Waals surface area contributed by atoms with Gasteiger partial charge in [0.05, 0.1) is 17.0 Å². The van der Waals surface area contributed by atoms with Gasteiger partial charge in [-0.05, 0) is 35.2 Å². The van der Waals surface area contributed by atoms with Gasteiger partial charge in [-0.25, -0.2) is 4.98 Å². The topological polar surface area (TPSA) is 17.3 Å². The van der Waals surface area contributed by atoms with Crippen LogP contribution in [0.4, 0.5) is 0 Å². The Kier molecular flexibility index (Phi) is 6.09. The monoisotopic (exact) mass is 474 g/mol. The average Bonchev–Trinajstić information content (AvgIpc) is 3.36. The molecule has 0 saturated heterocycles. The number of aromatic nitrogens is 2. The molecule has 37 heavy (non-hydrogen) atoms. The van der Waals surface area contributed by atoms with Gasteiger partial charge in [-0.15, -0.1) is 5.73 Å². The predicted molar refractivity (Wildman–Crippen MR) is 153 cm³/mol. The number of pyridine rings is 1. The van der Waals surface area contributed by atoms with E-state index in [0.29, 0.717) is 0 Å². The number of rotatable bonds is 5. The maximum Gasteiger partial charge on any atom is 0.140 e. The summed E-state index contributed by atoms with van der Waals surface area (Å²) in [5.74, 6) is 0. The summed E-state index contributed by atoms with van der Waals surface area (Å²) in [7, 11) is 0. The molecular weight excluding hydrogens is 448 g/mol. The first-order valence-corrected chi connectivity index (χ1v) is 12.5. The van der Waals surface area contributed by atoms with Crippen LogP contribution in [0.15, 0.2) is 145 Å². The number of hydrogen-bond donors (Lipinski definition) is 0. The van der Waals surface area contributed by atoms with E-state index < -0.39 is 0 Å². The first-order valence-electron chi connectivity index (χ1n) is 12.5. The molecule has 6 aromatic rings. The number of fused-ring (bicyclic) bond motifs is 1. The van der Waals surface area contributed by atoms with Crippen molar-refractivity contribution in [2.75, 3.05) is 0 Å². The Balaban J connectivity index is 1.79. The summed E-state index contributed by atoms with van der Waals surface area (Å²) in [6.45, 7) is 2.11. The van der Waals surface area contributed by atoms with E-state index in [1.807, 2.05) is 6.07 Å². The molecule has 0 fully saturated rings. The van der Waals surface area contributed by atoms with E-state index in [0.717, 1.165) is 56.0 Å². The zero-order chi connectivity index (χ0) is 25.0. The Morgan fingerprint density at radius 2 is 1.05 bits per heavy atom. The lowest BCUT2D eigenvalue weighted by Gasteiger charge is -2.12. The SMILES string of the molecule is Cc1cccn2c(C(=C=C(c3ccccc3)c3ccccc3)c3ccccc3)c(-c3ccccc3)nc12. The van der Waals surface area contributed by atoms with Crippen molar-refractivity contribution in [2.24, 2.45) is 0 Å². The maximum atomic E-state index is 5.17. The molecule has 0 spiro atoms. The highest BCUT2D eigenvalue weighted by molar-refractivity contribution is 5.92. The van der Waals surface area contributed by atoms with E-state index in [1.165, 1.54) is 0 Å². The molecule has 0 aliphatic heterocycles. The van der Waals surface area contributed by atoms with Gasteiger partial charge in [-0.1, -0.05) is 127 Å². The molecule has 2 heteroatoms. The summed E-state index contributed by atoms with van der Waals surface area (Å²) in [6, 6.07) is 46.2. The van der Waals surface area contributed by atoms with Crippen LogP contribution < -0.4 is 0 Å². The minimum absolute atomic E-state index is 0.946. The van der Waals surface area contributed by atoms with Gasteiger partial charge in [0.25, 0.3) is 0 Å². The summed E-state index contributed by atoms with van der Waals surface area (Å²) in [5.41, 5.74) is 14.4. The molecule has 0 radical (unpaired) electrons. The van der Waals surface area contributed by atoms with Crippen molar-refractivity contribution < 1.29 is 0 Å². The summed E-state index contributed by atoms with van der Waals surface area (Å²) in [5, 5.41) is 0. The fourth-order valence-corrected chi connectivity index (χ4v) is 4.76. The fraction of sp³-hybridized carbons (Fsp3) is 0.0286. The van der Waals surface area contributed by atoms with Crippen molar-refractivity contribution in [1.82, 2.24) is 9.38 Å². The number of nitrogens with zero attached hydrogens (tertiary/aromatic N) is 2. The van der Waals surface area contributed by atoms with Crippen LogP contribution in [-0.2, 0) is 0 Å². The van der Waals surface area contributed by atoms with E-state index in [9.17, 15) is 0 Å². The molecule has 0 aliphatic carbocycles. The van der Waals surface area contributed by atoms with Crippen molar-refractivity contribution in [3.05, 3.63) is 173 Å². The van der Waals surface area contributed by atoms with Crippen molar-refractivity contribution in [1.29, 1.82) is 0 Å². The molecule has 0 atom stereocenters. The second kappa shape index (κ2) is 9.99. The Bertz CT molecular complexity index is 1680. The highest BCUT2D eigenvalue weighted by Crippen LogP contribution is 2.35. The number of benzene rings is 4. The fourth-order valence-electron chi connectivity index (χ4n) is 4.76. The van der Waals surface area contributed by atoms with Crippen molar-refractivity contribution >= 4 is 16.8 Å². The Labute approximate surface area is 217 Å². The molecule has 2 aromatic heterocycles. The van der Waals surface area contributed by atoms with Gasteiger partial charge in [0.1, 0.15) is 5.65 Å². The van der Waals surface area contributed by atoms with Gasteiger partial charge in [-0.2, -0.15) is 0 Å². The molecule has 0 amide bonds. The van der Waals surface area contributed by atoms with Crippen LogP contribution in [0.3, 0.4) is 0 Å². The molecule has 4 aromatic carbocycles. The summed E-state index contributed by atoms with van der Waals surface area (Å²) < 4.78 is 2.21. The van der Waals surface area contributed by atoms with Gasteiger partial charge in [-0.3, -0.25) is 4.40 Å². The van der Waals surface area contributed by atoms with Gasteiger partial charge < -0.3 is 0 Å². The third kappa shape index (κ3) is 4.43. The Morgan fingerprint density at radius 1 is 0.568 bits per heavy atom. The zero-order valence-electron chi connectivity index (χ0n) is 20.7. The predicted octanol–water partition coefficient (Wildman–Crippen LogP) is 8.47. The van der Waals surface area contributed by atoms with Crippen molar-refractivity contribution in [3.63, 3.8) is 0 Å². The Hall–Kier alpha value is -4.91. The standard InChI is InChI=1S/C35H26N2/c1-26-15-14-24-37-34(33(36-35(26)37)30-22-12-5-13-23-30)32(29-20-10-4-11-21-29)25-31(27-16-6-2-7-17-27)28-18-8-3-9-19-28/h2-24H,1H3. The lowest BCUT2D eigenvalue weighted by atomic mass is 9.94. The van der Waals surface area contributed by atoms with Gasteiger partial charge in [0.15, 0.2) is 0 Å². The summed E-state index contributed by atoms with van der Waals surface area (Å²) in [6.07, 6.45) is 2.10. The van der Waals surface area contributed by atoms with E-state index in [1.54, 1.807) is 0 Å². The number of hydrogen-bond acceptors (Lipinski definition) is 1. The molecule has 0 unspecified atom stereocenters. The maximum absolute atomic E-state index is 5.17. The van der Waals surface area contributed by atoms with Crippen LogP contribution in [0, 0.1) is 6.92 Å². The molecule has 0 aliphatic rings. The lowest BCUT2D eigenvalue weighted by molar-refractivity contribution is 1.14. The van der Waals surface area contributed by atoms with E-state index in [-0.39, 0.29) is 0 Å². The summed E-state index contributed by atoms with van der Waals surface area (Å²) >= 11 is 0. The highest BCUT2D eigenvalue weighted by Gasteiger charge is 2.20. The van der Waals surface area contributed by atoms with Crippen molar-refractivity contribution in [2.45, 2.75) is 6.92 Å². The van der Waals surface area contributed by atoms with E-state index >= 15 is 0 Å². The van der Waals surface area contributed by atoms with E-state index in [4.69, 9.17) is 4.98 Å². The van der Waals surface area contributed by atoms with Gasteiger partial charge in [0, 0.05) is 17.3 Å². The van der Waals surface area contributed by atoms with Crippen LogP contribution in [0.2, 0.25) is 0 Å². The van der Waals surface area contributed by atoms with Gasteiger partial charge >= 0.3 is 0 Å². The minimum Gasteiger partial charge on any atom is -0.298 e. The van der Waals surface area contributed by atoms with Crippen molar-refractivity contribution in [3.8, 4) is 11.3 Å². The second-order valence-electron chi connectivity index (χ2n) is 9.03. The first kappa shape index (κ1) is 22.5. The average molecular weight is 475 g/mol. The Morgan fingerprint density at radius 3 is 1.59 bits per heavy atom. The third-order valence-electron chi connectivity index (χ3n) is 6.57. The normalized spacial score (nSPS) is 10.7. The molecule has 0 N–H and O–H groups in total. The smallest absolute Gasteiger partial charge is 0.140 e. The molecule has 0 saturated carbocycles. The van der Waals surface area contributed by atoms with Gasteiger partial charge in [0.2, 0.25) is 0 Å². The molecule has 0 bridgehead atoms. The first-order chi connectivity index (χ1) is 18.3. The quantitative estimate of drug-likeness (QED) is 0.229. The molecule has 2 heterocycles. The zero-order valence-corrected chi connectivity index (χ0v) is 20.7. The molecular formula is C35H26N2. The van der Waals surface area contributed by atoms with Crippen LogP contribution in [-0.4, -0.2) is 9.38 Å². The molecule has 2 nitrogen and oxygen atoms in total. The van der Waals surface area contributed by atoms with Crippen LogP contribution in [0.5, 0.6) is 0 Å².